The number of ether oxygens (including phenoxy) is 1. The Kier molecular flexibility index (Phi) is 4.45. The molecule has 100 valence electrons. The molecule has 0 bridgehead atoms. The van der Waals surface area contributed by atoms with Crippen molar-refractivity contribution in [3.8, 4) is 0 Å². The summed E-state index contributed by atoms with van der Waals surface area (Å²) in [6.07, 6.45) is 10.4. The Labute approximate surface area is 105 Å². The maximum Gasteiger partial charge on any atom is 0.0847 e. The highest BCUT2D eigenvalue weighted by Gasteiger charge is 2.49. The Bertz CT molecular complexity index is 235. The molecule has 0 aliphatic heterocycles. The first-order valence-corrected chi connectivity index (χ1v) is 7.28. The molecule has 0 aromatic carbocycles. The molecule has 3 N–H and O–H groups in total. The molecule has 2 rings (SSSR count). The molecule has 0 radical (unpaired) electrons. The van der Waals surface area contributed by atoms with Gasteiger partial charge in [0.05, 0.1) is 11.6 Å². The third-order valence-corrected chi connectivity index (χ3v) is 5.27. The second-order valence-electron chi connectivity index (χ2n) is 5.88. The summed E-state index contributed by atoms with van der Waals surface area (Å²) in [7, 11) is 1.85. The third-order valence-electron chi connectivity index (χ3n) is 5.27. The van der Waals surface area contributed by atoms with Gasteiger partial charge in [0, 0.05) is 7.11 Å². The maximum absolute atomic E-state index is 5.86. The van der Waals surface area contributed by atoms with Crippen molar-refractivity contribution in [1.82, 2.24) is 5.43 Å². The Balaban J connectivity index is 2.10. The largest absolute Gasteiger partial charge is 0.377 e. The monoisotopic (exact) mass is 240 g/mol. The molecule has 0 aromatic heterocycles. The minimum absolute atomic E-state index is 0.0319. The van der Waals surface area contributed by atoms with Gasteiger partial charge in [0.15, 0.2) is 0 Å². The van der Waals surface area contributed by atoms with Crippen molar-refractivity contribution < 1.29 is 4.74 Å². The predicted octanol–water partition coefficient (Wildman–Crippen LogP) is 2.60. The van der Waals surface area contributed by atoms with Crippen LogP contribution >= 0.6 is 0 Å². The Hall–Kier alpha value is -0.120. The van der Waals surface area contributed by atoms with Crippen molar-refractivity contribution in [2.45, 2.75) is 69.9 Å². The summed E-state index contributed by atoms with van der Waals surface area (Å²) in [6, 6.07) is 0.353. The molecule has 2 saturated carbocycles. The lowest BCUT2D eigenvalue weighted by molar-refractivity contribution is -0.120. The topological polar surface area (TPSA) is 47.3 Å². The van der Waals surface area contributed by atoms with Gasteiger partial charge < -0.3 is 4.74 Å². The number of hydrogen-bond acceptors (Lipinski definition) is 3. The molecule has 3 atom stereocenters. The van der Waals surface area contributed by atoms with Gasteiger partial charge in [-0.05, 0) is 37.5 Å². The zero-order valence-corrected chi connectivity index (χ0v) is 11.4. The standard InChI is InChI=1S/C14H28N2O/c1-3-11-7-4-5-8-12(11)13(16-15)14(17-2)9-6-10-14/h11-13,16H,3-10,15H2,1-2H3. The molecule has 17 heavy (non-hydrogen) atoms. The number of methoxy groups -OCH3 is 1. The molecule has 3 nitrogen and oxygen atoms in total. The second kappa shape index (κ2) is 5.68. The van der Waals surface area contributed by atoms with E-state index >= 15 is 0 Å². The molecule has 3 unspecified atom stereocenters. The molecule has 0 amide bonds. The summed E-state index contributed by atoms with van der Waals surface area (Å²) in [5, 5.41) is 0. The van der Waals surface area contributed by atoms with E-state index in [-0.39, 0.29) is 5.60 Å². The molecule has 2 aliphatic rings. The van der Waals surface area contributed by atoms with Crippen molar-refractivity contribution >= 4 is 0 Å². The summed E-state index contributed by atoms with van der Waals surface area (Å²) in [4.78, 5) is 0. The number of nitrogens with two attached hydrogens (primary N) is 1. The van der Waals surface area contributed by atoms with Crippen molar-refractivity contribution in [3.63, 3.8) is 0 Å². The van der Waals surface area contributed by atoms with Crippen molar-refractivity contribution in [1.29, 1.82) is 0 Å². The third kappa shape index (κ3) is 2.38. The molecule has 3 heteroatoms. The van der Waals surface area contributed by atoms with Crippen LogP contribution in [0.4, 0.5) is 0 Å². The SMILES string of the molecule is CCC1CCCCC1C(NN)C1(OC)CCC1. The van der Waals surface area contributed by atoms with E-state index in [1.54, 1.807) is 0 Å². The normalized spacial score (nSPS) is 34.1. The van der Waals surface area contributed by atoms with E-state index in [4.69, 9.17) is 10.6 Å². The molecular weight excluding hydrogens is 212 g/mol. The van der Waals surface area contributed by atoms with Gasteiger partial charge in [-0.2, -0.15) is 0 Å². The predicted molar refractivity (Wildman–Crippen MR) is 70.4 cm³/mol. The van der Waals surface area contributed by atoms with E-state index in [9.17, 15) is 0 Å². The fraction of sp³-hybridized carbons (Fsp3) is 1.00. The van der Waals surface area contributed by atoms with Crippen LogP contribution in [0.5, 0.6) is 0 Å². The van der Waals surface area contributed by atoms with Gasteiger partial charge in [-0.3, -0.25) is 11.3 Å². The van der Waals surface area contributed by atoms with E-state index in [0.717, 1.165) is 5.92 Å². The quantitative estimate of drug-likeness (QED) is 0.573. The van der Waals surface area contributed by atoms with E-state index in [1.807, 2.05) is 7.11 Å². The zero-order valence-electron chi connectivity index (χ0n) is 11.4. The minimum atomic E-state index is 0.0319. The van der Waals surface area contributed by atoms with E-state index in [2.05, 4.69) is 12.3 Å². The van der Waals surface area contributed by atoms with Gasteiger partial charge in [0.2, 0.25) is 0 Å². The van der Waals surface area contributed by atoms with Gasteiger partial charge >= 0.3 is 0 Å². The average molecular weight is 240 g/mol. The van der Waals surface area contributed by atoms with Gasteiger partial charge in [-0.15, -0.1) is 0 Å². The molecule has 0 saturated heterocycles. The minimum Gasteiger partial charge on any atom is -0.377 e. The molecular formula is C14H28N2O. The van der Waals surface area contributed by atoms with Crippen LogP contribution in [0.2, 0.25) is 0 Å². The second-order valence-corrected chi connectivity index (χ2v) is 5.88. The van der Waals surface area contributed by atoms with Crippen molar-refractivity contribution in [2.75, 3.05) is 7.11 Å². The van der Waals surface area contributed by atoms with Crippen LogP contribution in [0.25, 0.3) is 0 Å². The van der Waals surface area contributed by atoms with Crippen LogP contribution < -0.4 is 11.3 Å². The molecule has 2 aliphatic carbocycles. The van der Waals surface area contributed by atoms with E-state index < -0.39 is 0 Å². The van der Waals surface area contributed by atoms with Gasteiger partial charge in [-0.1, -0.05) is 32.6 Å². The van der Waals surface area contributed by atoms with Crippen LogP contribution in [0, 0.1) is 11.8 Å². The summed E-state index contributed by atoms with van der Waals surface area (Å²) in [5.74, 6) is 7.40. The Morgan fingerprint density at radius 2 is 2.00 bits per heavy atom. The molecule has 0 spiro atoms. The highest BCUT2D eigenvalue weighted by Crippen LogP contribution is 2.45. The first-order valence-electron chi connectivity index (χ1n) is 7.28. The molecule has 2 fully saturated rings. The Morgan fingerprint density at radius 1 is 1.29 bits per heavy atom. The van der Waals surface area contributed by atoms with Crippen LogP contribution in [0.1, 0.15) is 58.3 Å². The number of nitrogens with one attached hydrogen (secondary N) is 1. The lowest BCUT2D eigenvalue weighted by Crippen LogP contribution is -2.62. The summed E-state index contributed by atoms with van der Waals surface area (Å²) >= 11 is 0. The molecule has 0 aromatic rings. The number of rotatable bonds is 5. The Morgan fingerprint density at radius 3 is 2.47 bits per heavy atom. The van der Waals surface area contributed by atoms with Gasteiger partial charge in [0.25, 0.3) is 0 Å². The smallest absolute Gasteiger partial charge is 0.0847 e. The fourth-order valence-electron chi connectivity index (χ4n) is 4.01. The summed E-state index contributed by atoms with van der Waals surface area (Å²) in [5.41, 5.74) is 3.14. The lowest BCUT2D eigenvalue weighted by Gasteiger charge is -2.51. The van der Waals surface area contributed by atoms with Crippen LogP contribution in [0.3, 0.4) is 0 Å². The number of hydrogen-bond donors (Lipinski definition) is 2. The maximum atomic E-state index is 5.86. The van der Waals surface area contributed by atoms with Crippen LogP contribution in [-0.2, 0) is 4.74 Å². The van der Waals surface area contributed by atoms with E-state index in [1.165, 1.54) is 51.4 Å². The van der Waals surface area contributed by atoms with Crippen LogP contribution in [-0.4, -0.2) is 18.8 Å². The van der Waals surface area contributed by atoms with Crippen LogP contribution in [0.15, 0.2) is 0 Å². The van der Waals surface area contributed by atoms with Crippen molar-refractivity contribution in [2.24, 2.45) is 17.7 Å². The first kappa shape index (κ1) is 13.3. The van der Waals surface area contributed by atoms with Gasteiger partial charge in [-0.25, -0.2) is 0 Å². The van der Waals surface area contributed by atoms with Crippen molar-refractivity contribution in [3.05, 3.63) is 0 Å². The molecule has 0 heterocycles. The average Bonchev–Trinajstić information content (AvgIpc) is 2.33. The first-order chi connectivity index (χ1) is 8.27. The van der Waals surface area contributed by atoms with Gasteiger partial charge in [0.1, 0.15) is 0 Å². The highest BCUT2D eigenvalue weighted by molar-refractivity contribution is 5.03. The zero-order chi connectivity index (χ0) is 12.3. The number of hydrazine groups is 1. The summed E-state index contributed by atoms with van der Waals surface area (Å²) in [6.45, 7) is 2.32. The highest BCUT2D eigenvalue weighted by atomic mass is 16.5. The van der Waals surface area contributed by atoms with E-state index in [0.29, 0.717) is 12.0 Å². The summed E-state index contributed by atoms with van der Waals surface area (Å²) < 4.78 is 5.83. The lowest BCUT2D eigenvalue weighted by atomic mass is 9.64. The fourth-order valence-corrected chi connectivity index (χ4v) is 4.01.